The van der Waals surface area contributed by atoms with Gasteiger partial charge in [-0.1, -0.05) is 19.1 Å². The molecule has 2 aromatic rings. The lowest BCUT2D eigenvalue weighted by atomic mass is 9.73. The first-order chi connectivity index (χ1) is 13.5. The minimum Gasteiger partial charge on any atom is -0.456 e. The highest BCUT2D eigenvalue weighted by atomic mass is 16.5. The Hall–Kier alpha value is -2.34. The predicted octanol–water partition coefficient (Wildman–Crippen LogP) is 2.65. The summed E-state index contributed by atoms with van der Waals surface area (Å²) in [5.74, 6) is -0.256. The van der Waals surface area contributed by atoms with Crippen LogP contribution in [-0.2, 0) is 20.7 Å². The number of rotatable bonds is 5. The molecule has 150 valence electrons. The van der Waals surface area contributed by atoms with Gasteiger partial charge in [-0.2, -0.15) is 0 Å². The summed E-state index contributed by atoms with van der Waals surface area (Å²) >= 11 is 0. The number of esters is 1. The smallest absolute Gasteiger partial charge is 0.303 e. The van der Waals surface area contributed by atoms with Gasteiger partial charge in [0.1, 0.15) is 0 Å². The normalized spacial score (nSPS) is 24.0. The van der Waals surface area contributed by atoms with Crippen LogP contribution in [0.2, 0.25) is 0 Å². The first-order valence-corrected chi connectivity index (χ1v) is 10.2. The average Bonchev–Trinajstić information content (AvgIpc) is 2.98. The second kappa shape index (κ2) is 7.59. The zero-order valence-corrected chi connectivity index (χ0v) is 16.9. The molecule has 28 heavy (non-hydrogen) atoms. The maximum absolute atomic E-state index is 12.2. The van der Waals surface area contributed by atoms with Crippen molar-refractivity contribution in [2.24, 2.45) is 0 Å². The molecule has 2 aliphatic rings. The Morgan fingerprint density at radius 2 is 2.18 bits per heavy atom. The molecular formula is C22H29N3O3. The Morgan fingerprint density at radius 1 is 1.36 bits per heavy atom. The zero-order chi connectivity index (χ0) is 19.8. The second-order valence-corrected chi connectivity index (χ2v) is 8.15. The van der Waals surface area contributed by atoms with Crippen LogP contribution in [0.4, 0.5) is 0 Å². The van der Waals surface area contributed by atoms with Gasteiger partial charge in [-0.15, -0.1) is 0 Å². The predicted molar refractivity (Wildman–Crippen MR) is 108 cm³/mol. The number of carbonyl (C=O) groups is 2. The fourth-order valence-corrected chi connectivity index (χ4v) is 5.15. The van der Waals surface area contributed by atoms with Crippen molar-refractivity contribution < 1.29 is 14.3 Å². The third kappa shape index (κ3) is 3.41. The van der Waals surface area contributed by atoms with Gasteiger partial charge in [0.25, 0.3) is 5.91 Å². The maximum Gasteiger partial charge on any atom is 0.303 e. The van der Waals surface area contributed by atoms with Gasteiger partial charge in [-0.05, 0) is 49.9 Å². The molecule has 2 heterocycles. The third-order valence-corrected chi connectivity index (χ3v) is 6.20. The molecule has 6 nitrogen and oxygen atoms in total. The number of aromatic nitrogens is 1. The quantitative estimate of drug-likeness (QED) is 0.779. The molecule has 1 aromatic carbocycles. The number of fused-ring (bicyclic) bond motifs is 2. The molecule has 1 aliphatic carbocycles. The number of carbonyl (C=O) groups excluding carboxylic acids is 2. The number of benzene rings is 1. The van der Waals surface area contributed by atoms with E-state index in [0.717, 1.165) is 32.4 Å². The van der Waals surface area contributed by atoms with Crippen LogP contribution in [0, 0.1) is 6.92 Å². The SMILES string of the molecule is CCCN1C[C@@H](NC(=O)COC(C)=O)C[C@@H]2c3cccc4[nH]c(C)c(c34)C[C@H]21. The number of H-pyrrole nitrogens is 1. The number of hydrogen-bond donors (Lipinski definition) is 2. The van der Waals surface area contributed by atoms with Crippen molar-refractivity contribution in [3.05, 3.63) is 35.0 Å². The van der Waals surface area contributed by atoms with Gasteiger partial charge < -0.3 is 15.0 Å². The Balaban J connectivity index is 1.61. The van der Waals surface area contributed by atoms with E-state index in [9.17, 15) is 9.59 Å². The van der Waals surface area contributed by atoms with Crippen molar-refractivity contribution >= 4 is 22.8 Å². The minimum atomic E-state index is -0.430. The van der Waals surface area contributed by atoms with Gasteiger partial charge in [0.15, 0.2) is 6.61 Å². The number of hydrogen-bond acceptors (Lipinski definition) is 4. The van der Waals surface area contributed by atoms with Crippen LogP contribution in [0.1, 0.15) is 49.4 Å². The lowest BCUT2D eigenvalue weighted by molar-refractivity contribution is -0.146. The van der Waals surface area contributed by atoms with E-state index in [1.54, 1.807) is 0 Å². The van der Waals surface area contributed by atoms with Gasteiger partial charge in [0, 0.05) is 48.1 Å². The summed E-state index contributed by atoms with van der Waals surface area (Å²) in [4.78, 5) is 29.3. The molecular weight excluding hydrogens is 354 g/mol. The number of likely N-dealkylation sites (tertiary alicyclic amines) is 1. The highest BCUT2D eigenvalue weighted by molar-refractivity contribution is 5.89. The van der Waals surface area contributed by atoms with Crippen molar-refractivity contribution in [2.75, 3.05) is 19.7 Å². The molecule has 1 aliphatic heterocycles. The van der Waals surface area contributed by atoms with Crippen molar-refractivity contribution in [1.82, 2.24) is 15.2 Å². The van der Waals surface area contributed by atoms with E-state index in [0.29, 0.717) is 12.0 Å². The number of ether oxygens (including phenoxy) is 1. The van der Waals surface area contributed by atoms with Crippen molar-refractivity contribution in [1.29, 1.82) is 0 Å². The highest BCUT2D eigenvalue weighted by Crippen LogP contribution is 2.44. The fourth-order valence-electron chi connectivity index (χ4n) is 5.15. The first kappa shape index (κ1) is 19.0. The van der Waals surface area contributed by atoms with E-state index < -0.39 is 5.97 Å². The van der Waals surface area contributed by atoms with Crippen LogP contribution < -0.4 is 5.32 Å². The van der Waals surface area contributed by atoms with Gasteiger partial charge in [0.2, 0.25) is 0 Å². The molecule has 6 heteroatoms. The van der Waals surface area contributed by atoms with Crippen molar-refractivity contribution in [3.8, 4) is 0 Å². The van der Waals surface area contributed by atoms with E-state index in [1.807, 2.05) is 0 Å². The van der Waals surface area contributed by atoms with Gasteiger partial charge in [0.05, 0.1) is 0 Å². The monoisotopic (exact) mass is 383 g/mol. The van der Waals surface area contributed by atoms with E-state index in [4.69, 9.17) is 4.74 Å². The molecule has 3 atom stereocenters. The maximum atomic E-state index is 12.2. The zero-order valence-electron chi connectivity index (χ0n) is 16.9. The second-order valence-electron chi connectivity index (χ2n) is 8.15. The summed E-state index contributed by atoms with van der Waals surface area (Å²) in [5.41, 5.74) is 5.33. The largest absolute Gasteiger partial charge is 0.456 e. The van der Waals surface area contributed by atoms with E-state index in [1.165, 1.54) is 34.6 Å². The summed E-state index contributed by atoms with van der Waals surface area (Å²) in [6.45, 7) is 7.35. The fraction of sp³-hybridized carbons (Fsp3) is 0.545. The topological polar surface area (TPSA) is 74.4 Å². The van der Waals surface area contributed by atoms with Crippen molar-refractivity contribution in [2.45, 2.75) is 58.0 Å². The van der Waals surface area contributed by atoms with E-state index in [-0.39, 0.29) is 18.6 Å². The number of amides is 1. The number of piperidine rings is 1. The van der Waals surface area contributed by atoms with Gasteiger partial charge in [-0.3, -0.25) is 14.5 Å². The molecule has 0 spiro atoms. The summed E-state index contributed by atoms with van der Waals surface area (Å²) in [6.07, 6.45) is 3.06. The highest BCUT2D eigenvalue weighted by Gasteiger charge is 2.41. The Kier molecular flexibility index (Phi) is 5.15. The molecule has 0 bridgehead atoms. The van der Waals surface area contributed by atoms with E-state index >= 15 is 0 Å². The summed E-state index contributed by atoms with van der Waals surface area (Å²) in [6, 6.07) is 7.07. The standard InChI is InChI=1S/C22H29N3O3/c1-4-8-25-11-15(24-21(27)12-28-14(3)26)9-18-16-6-5-7-19-22(16)17(10-20(18)25)13(2)23-19/h5-7,15,18,20,23H,4,8-12H2,1-3H3,(H,24,27)/t15-,18+,20+/m0/s1. The molecule has 1 fully saturated rings. The molecule has 4 rings (SSSR count). The van der Waals surface area contributed by atoms with Gasteiger partial charge in [-0.25, -0.2) is 0 Å². The summed E-state index contributed by atoms with van der Waals surface area (Å²) in [7, 11) is 0. The summed E-state index contributed by atoms with van der Waals surface area (Å²) < 4.78 is 4.85. The van der Waals surface area contributed by atoms with Crippen LogP contribution in [0.25, 0.3) is 10.9 Å². The molecule has 0 radical (unpaired) electrons. The Labute approximate surface area is 165 Å². The van der Waals surface area contributed by atoms with Crippen LogP contribution in [-0.4, -0.2) is 53.5 Å². The molecule has 0 unspecified atom stereocenters. The minimum absolute atomic E-state index is 0.0627. The van der Waals surface area contributed by atoms with E-state index in [2.05, 4.69) is 47.2 Å². The third-order valence-electron chi connectivity index (χ3n) is 6.20. The number of aromatic amines is 1. The van der Waals surface area contributed by atoms with Gasteiger partial charge >= 0.3 is 5.97 Å². The lowest BCUT2D eigenvalue weighted by Gasteiger charge is -2.47. The molecule has 0 saturated carbocycles. The molecule has 1 saturated heterocycles. The molecule has 1 aromatic heterocycles. The summed E-state index contributed by atoms with van der Waals surface area (Å²) in [5, 5.41) is 4.47. The molecule has 2 N–H and O–H groups in total. The van der Waals surface area contributed by atoms with Crippen LogP contribution in [0.5, 0.6) is 0 Å². The van der Waals surface area contributed by atoms with Crippen LogP contribution >= 0.6 is 0 Å². The van der Waals surface area contributed by atoms with Crippen LogP contribution in [0.3, 0.4) is 0 Å². The average molecular weight is 383 g/mol. The lowest BCUT2D eigenvalue weighted by Crippen LogP contribution is -2.56. The first-order valence-electron chi connectivity index (χ1n) is 10.2. The Morgan fingerprint density at radius 3 is 2.93 bits per heavy atom. The van der Waals surface area contributed by atoms with Crippen LogP contribution in [0.15, 0.2) is 18.2 Å². The number of nitrogens with one attached hydrogen (secondary N) is 2. The van der Waals surface area contributed by atoms with Crippen molar-refractivity contribution in [3.63, 3.8) is 0 Å². The molecule has 1 amide bonds. The Bertz CT molecular complexity index is 904. The number of nitrogens with zero attached hydrogens (tertiary/aromatic N) is 1. The number of aryl methyl sites for hydroxylation is 1.